The summed E-state index contributed by atoms with van der Waals surface area (Å²) in [5.41, 5.74) is -0.148. The lowest BCUT2D eigenvalue weighted by Gasteiger charge is -2.55. The summed E-state index contributed by atoms with van der Waals surface area (Å²) in [5, 5.41) is 3.10. The van der Waals surface area contributed by atoms with Gasteiger partial charge in [0.05, 0.1) is 0 Å². The van der Waals surface area contributed by atoms with Crippen LogP contribution in [0.1, 0.15) is 64.7 Å². The first-order chi connectivity index (χ1) is 11.1. The molecule has 5 rings (SSSR count). The second kappa shape index (κ2) is 5.78. The van der Waals surface area contributed by atoms with Crippen molar-refractivity contribution in [3.05, 3.63) is 0 Å². The predicted molar refractivity (Wildman–Crippen MR) is 88.6 cm³/mol. The second-order valence-electron chi connectivity index (χ2n) is 8.78. The van der Waals surface area contributed by atoms with E-state index in [1.54, 1.807) is 0 Å². The van der Waals surface area contributed by atoms with E-state index >= 15 is 0 Å². The van der Waals surface area contributed by atoms with E-state index in [1.165, 1.54) is 25.7 Å². The van der Waals surface area contributed by atoms with Crippen molar-refractivity contribution in [1.82, 2.24) is 10.2 Å². The molecule has 4 bridgehead atoms. The van der Waals surface area contributed by atoms with Gasteiger partial charge in [-0.25, -0.2) is 0 Å². The maximum Gasteiger partial charge on any atom is 0.244 e. The Bertz CT molecular complexity index is 460. The van der Waals surface area contributed by atoms with E-state index < -0.39 is 0 Å². The Balaban J connectivity index is 1.40. The van der Waals surface area contributed by atoms with Crippen LogP contribution in [0.2, 0.25) is 0 Å². The number of piperidine rings is 1. The first-order valence-corrected chi connectivity index (χ1v) is 9.65. The number of nitrogens with zero attached hydrogens (tertiary/aromatic N) is 1. The number of carbonyl (C=O) groups is 2. The molecule has 128 valence electrons. The Morgan fingerprint density at radius 1 is 0.957 bits per heavy atom. The molecule has 4 saturated carbocycles. The zero-order valence-electron chi connectivity index (χ0n) is 14.4. The third-order valence-corrected chi connectivity index (χ3v) is 6.91. The Kier molecular flexibility index (Phi) is 3.89. The van der Waals surface area contributed by atoms with Gasteiger partial charge in [0.2, 0.25) is 11.8 Å². The molecule has 5 fully saturated rings. The van der Waals surface area contributed by atoms with Crippen LogP contribution in [0, 0.1) is 23.2 Å². The SMILES string of the molecule is C[C@H](NC(=O)C12CC3CC(CC(C3)C1)C2)C(=O)N1CCCCC1. The summed E-state index contributed by atoms with van der Waals surface area (Å²) in [6.45, 7) is 3.59. The third kappa shape index (κ3) is 2.78. The molecular weight excluding hydrogens is 288 g/mol. The summed E-state index contributed by atoms with van der Waals surface area (Å²) < 4.78 is 0. The van der Waals surface area contributed by atoms with E-state index in [2.05, 4.69) is 5.32 Å². The highest BCUT2D eigenvalue weighted by molar-refractivity contribution is 5.90. The van der Waals surface area contributed by atoms with Crippen LogP contribution >= 0.6 is 0 Å². The van der Waals surface area contributed by atoms with Crippen LogP contribution in [0.5, 0.6) is 0 Å². The smallest absolute Gasteiger partial charge is 0.244 e. The highest BCUT2D eigenvalue weighted by atomic mass is 16.2. The molecule has 1 atom stereocenters. The van der Waals surface area contributed by atoms with Crippen molar-refractivity contribution in [2.75, 3.05) is 13.1 Å². The fourth-order valence-electron chi connectivity index (χ4n) is 6.19. The Labute approximate surface area is 139 Å². The van der Waals surface area contributed by atoms with Crippen LogP contribution in [0.25, 0.3) is 0 Å². The quantitative estimate of drug-likeness (QED) is 0.870. The summed E-state index contributed by atoms with van der Waals surface area (Å²) in [4.78, 5) is 27.5. The van der Waals surface area contributed by atoms with Gasteiger partial charge in [0.1, 0.15) is 6.04 Å². The average molecular weight is 318 g/mol. The number of nitrogens with one attached hydrogen (secondary N) is 1. The Morgan fingerprint density at radius 3 is 2.00 bits per heavy atom. The molecule has 0 aromatic rings. The van der Waals surface area contributed by atoms with Gasteiger partial charge < -0.3 is 10.2 Å². The van der Waals surface area contributed by atoms with E-state index in [-0.39, 0.29) is 23.3 Å². The van der Waals surface area contributed by atoms with Crippen LogP contribution in [0.15, 0.2) is 0 Å². The first-order valence-electron chi connectivity index (χ1n) is 9.65. The molecule has 4 heteroatoms. The molecule has 1 heterocycles. The molecular formula is C19H30N2O2. The highest BCUT2D eigenvalue weighted by Gasteiger charge is 2.54. The normalized spacial score (nSPS) is 40.0. The molecule has 5 aliphatic rings. The molecule has 0 unspecified atom stereocenters. The molecule has 0 aromatic carbocycles. The average Bonchev–Trinajstić information content (AvgIpc) is 2.53. The van der Waals surface area contributed by atoms with Gasteiger partial charge in [-0.2, -0.15) is 0 Å². The van der Waals surface area contributed by atoms with Gasteiger partial charge in [0, 0.05) is 18.5 Å². The van der Waals surface area contributed by atoms with Crippen molar-refractivity contribution in [2.24, 2.45) is 23.2 Å². The van der Waals surface area contributed by atoms with Crippen LogP contribution in [0.4, 0.5) is 0 Å². The van der Waals surface area contributed by atoms with Gasteiger partial charge in [0.25, 0.3) is 0 Å². The highest BCUT2D eigenvalue weighted by Crippen LogP contribution is 2.60. The zero-order chi connectivity index (χ0) is 16.0. The molecule has 2 amide bonds. The van der Waals surface area contributed by atoms with Crippen molar-refractivity contribution in [3.63, 3.8) is 0 Å². The minimum Gasteiger partial charge on any atom is -0.344 e. The molecule has 4 aliphatic carbocycles. The van der Waals surface area contributed by atoms with Crippen molar-refractivity contribution < 1.29 is 9.59 Å². The van der Waals surface area contributed by atoms with Gasteiger partial charge in [-0.15, -0.1) is 0 Å². The van der Waals surface area contributed by atoms with Gasteiger partial charge >= 0.3 is 0 Å². The minimum atomic E-state index is -0.367. The summed E-state index contributed by atoms with van der Waals surface area (Å²) in [6, 6.07) is -0.367. The third-order valence-electron chi connectivity index (χ3n) is 6.91. The van der Waals surface area contributed by atoms with Gasteiger partial charge in [-0.05, 0) is 82.5 Å². The van der Waals surface area contributed by atoms with E-state index in [0.717, 1.165) is 62.9 Å². The van der Waals surface area contributed by atoms with Crippen LogP contribution in [-0.2, 0) is 9.59 Å². The topological polar surface area (TPSA) is 49.4 Å². The number of amides is 2. The fourth-order valence-corrected chi connectivity index (χ4v) is 6.19. The molecule has 0 radical (unpaired) electrons. The zero-order valence-corrected chi connectivity index (χ0v) is 14.4. The summed E-state index contributed by atoms with van der Waals surface area (Å²) in [5.74, 6) is 2.58. The lowest BCUT2D eigenvalue weighted by Crippen LogP contribution is -2.57. The largest absolute Gasteiger partial charge is 0.344 e. The van der Waals surface area contributed by atoms with Gasteiger partial charge in [-0.3, -0.25) is 9.59 Å². The van der Waals surface area contributed by atoms with Crippen LogP contribution in [-0.4, -0.2) is 35.8 Å². The van der Waals surface area contributed by atoms with Gasteiger partial charge in [0.15, 0.2) is 0 Å². The van der Waals surface area contributed by atoms with Crippen LogP contribution in [0.3, 0.4) is 0 Å². The Hall–Kier alpha value is -1.06. The maximum atomic E-state index is 13.0. The molecule has 0 aromatic heterocycles. The van der Waals surface area contributed by atoms with Gasteiger partial charge in [-0.1, -0.05) is 0 Å². The molecule has 1 aliphatic heterocycles. The Morgan fingerprint density at radius 2 is 1.48 bits per heavy atom. The lowest BCUT2D eigenvalue weighted by atomic mass is 9.49. The number of hydrogen-bond donors (Lipinski definition) is 1. The maximum absolute atomic E-state index is 13.0. The van der Waals surface area contributed by atoms with E-state index in [1.807, 2.05) is 11.8 Å². The number of likely N-dealkylation sites (tertiary alicyclic amines) is 1. The number of rotatable bonds is 3. The second-order valence-corrected chi connectivity index (χ2v) is 8.78. The molecule has 0 spiro atoms. The number of carbonyl (C=O) groups excluding carboxylic acids is 2. The number of hydrogen-bond acceptors (Lipinski definition) is 2. The molecule has 23 heavy (non-hydrogen) atoms. The molecule has 4 nitrogen and oxygen atoms in total. The van der Waals surface area contributed by atoms with E-state index in [0.29, 0.717) is 0 Å². The summed E-state index contributed by atoms with van der Waals surface area (Å²) in [7, 11) is 0. The minimum absolute atomic E-state index is 0.114. The van der Waals surface area contributed by atoms with Crippen LogP contribution < -0.4 is 5.32 Å². The standard InChI is InChI=1S/C19H30N2O2/c1-13(17(22)21-5-3-2-4-6-21)20-18(23)19-10-14-7-15(11-19)9-16(8-14)12-19/h13-16H,2-12H2,1H3,(H,20,23)/t13-,14?,15?,16?,19?/m0/s1. The van der Waals surface area contributed by atoms with E-state index in [9.17, 15) is 9.59 Å². The first kappa shape index (κ1) is 15.5. The fraction of sp³-hybridized carbons (Fsp3) is 0.895. The lowest BCUT2D eigenvalue weighted by molar-refractivity contribution is -0.149. The molecule has 1 saturated heterocycles. The van der Waals surface area contributed by atoms with Crippen molar-refractivity contribution in [3.8, 4) is 0 Å². The van der Waals surface area contributed by atoms with E-state index in [4.69, 9.17) is 0 Å². The van der Waals surface area contributed by atoms with Crippen molar-refractivity contribution in [2.45, 2.75) is 70.8 Å². The summed E-state index contributed by atoms with van der Waals surface area (Å²) in [6.07, 6.45) is 10.6. The summed E-state index contributed by atoms with van der Waals surface area (Å²) >= 11 is 0. The predicted octanol–water partition coefficient (Wildman–Crippen LogP) is 2.72. The van der Waals surface area contributed by atoms with Crippen molar-refractivity contribution >= 4 is 11.8 Å². The molecule has 1 N–H and O–H groups in total. The monoisotopic (exact) mass is 318 g/mol. The van der Waals surface area contributed by atoms with Crippen molar-refractivity contribution in [1.29, 1.82) is 0 Å².